The van der Waals surface area contributed by atoms with Gasteiger partial charge >= 0.3 is 0 Å². The minimum absolute atomic E-state index is 1.02. The van der Waals surface area contributed by atoms with Gasteiger partial charge in [0.25, 0.3) is 0 Å². The third-order valence-corrected chi connectivity index (χ3v) is 8.46. The molecule has 0 bridgehead atoms. The lowest BCUT2D eigenvalue weighted by molar-refractivity contribution is -0.345. The molecular formula is C38H56N2. The number of hydrogen-bond donors (Lipinski definition) is 0. The molecule has 0 amide bonds. The first-order valence-corrected chi connectivity index (χ1v) is 16.8. The topological polar surface area (TPSA) is 25.3 Å². The van der Waals surface area contributed by atoms with E-state index in [1.54, 1.807) is 4.70 Å². The molecule has 0 spiro atoms. The second-order valence-corrected chi connectivity index (χ2v) is 11.9. The molecule has 1 heterocycles. The van der Waals surface area contributed by atoms with E-state index < -0.39 is 0 Å². The Morgan fingerprint density at radius 3 is 1.43 bits per heavy atom. The van der Waals surface area contributed by atoms with E-state index in [1.165, 1.54) is 105 Å². The number of rotatable bonds is 20. The summed E-state index contributed by atoms with van der Waals surface area (Å²) in [5.74, 6) is 0. The highest BCUT2D eigenvalue weighted by molar-refractivity contribution is 5.82. The third kappa shape index (κ3) is 9.28. The maximum absolute atomic E-state index is 12.0. The average Bonchev–Trinajstić information content (AvgIpc) is 3.25. The summed E-state index contributed by atoms with van der Waals surface area (Å²) in [6, 6.07) is 18.0. The number of aryl methyl sites for hydroxylation is 2. The fourth-order valence-electron chi connectivity index (χ4n) is 6.11. The van der Waals surface area contributed by atoms with Crippen LogP contribution in [0.5, 0.6) is 0 Å². The minimum atomic E-state index is 1.02. The largest absolute Gasteiger partial charge is 0.493 e. The first-order valence-electron chi connectivity index (χ1n) is 16.8. The lowest BCUT2D eigenvalue weighted by Crippen LogP contribution is -2.03. The third-order valence-electron chi connectivity index (χ3n) is 8.46. The molecule has 3 rings (SSSR count). The molecule has 2 heteroatoms. The predicted octanol–water partition coefficient (Wildman–Crippen LogP) is 12.3. The molecule has 1 aliphatic rings. The van der Waals surface area contributed by atoms with Gasteiger partial charge in [0, 0.05) is 22.3 Å². The van der Waals surface area contributed by atoms with E-state index in [0.717, 1.165) is 55.5 Å². The van der Waals surface area contributed by atoms with Crippen molar-refractivity contribution >= 4 is 11.4 Å². The van der Waals surface area contributed by atoms with Crippen LogP contribution in [-0.2, 0) is 12.8 Å². The van der Waals surface area contributed by atoms with Gasteiger partial charge in [0.05, 0.1) is 0 Å². The molecule has 0 saturated carbocycles. The Labute approximate surface area is 246 Å². The van der Waals surface area contributed by atoms with Gasteiger partial charge in [-0.3, -0.25) is 0 Å². The van der Waals surface area contributed by atoms with Gasteiger partial charge in [0.2, 0.25) is 11.4 Å². The van der Waals surface area contributed by atoms with Gasteiger partial charge in [-0.05, 0) is 86.8 Å². The molecular weight excluding hydrogens is 484 g/mol. The number of hydrogen-bond acceptors (Lipinski definition) is 0. The van der Waals surface area contributed by atoms with Crippen LogP contribution in [0.1, 0.15) is 153 Å². The lowest BCUT2D eigenvalue weighted by Gasteiger charge is -2.12. The van der Waals surface area contributed by atoms with E-state index in [4.69, 9.17) is 0 Å². The zero-order valence-corrected chi connectivity index (χ0v) is 26.2. The van der Waals surface area contributed by atoms with E-state index in [9.17, 15) is 5.53 Å². The van der Waals surface area contributed by atoms with Crippen molar-refractivity contribution in [2.45, 2.75) is 143 Å². The van der Waals surface area contributed by atoms with Crippen molar-refractivity contribution in [2.24, 2.45) is 0 Å². The Morgan fingerprint density at radius 1 is 0.475 bits per heavy atom. The normalized spacial score (nSPS) is 13.7. The van der Waals surface area contributed by atoms with Gasteiger partial charge < -0.3 is 5.53 Å². The Kier molecular flexibility index (Phi) is 14.5. The van der Waals surface area contributed by atoms with Crippen molar-refractivity contribution in [1.29, 1.82) is 0 Å². The minimum Gasteiger partial charge on any atom is -0.493 e. The molecule has 0 saturated heterocycles. The molecule has 2 nitrogen and oxygen atoms in total. The predicted molar refractivity (Wildman–Crippen MR) is 174 cm³/mol. The summed E-state index contributed by atoms with van der Waals surface area (Å²) in [5, 5.41) is 0. The van der Waals surface area contributed by atoms with E-state index >= 15 is 0 Å². The number of unbranched alkanes of at least 4 members (excludes halogenated alkanes) is 10. The molecule has 1 aliphatic heterocycles. The molecule has 0 unspecified atom stereocenters. The molecule has 0 atom stereocenters. The van der Waals surface area contributed by atoms with Gasteiger partial charge in [-0.2, -0.15) is 0 Å². The zero-order valence-electron chi connectivity index (χ0n) is 26.2. The van der Waals surface area contributed by atoms with Crippen molar-refractivity contribution in [1.82, 2.24) is 0 Å². The second-order valence-electron chi connectivity index (χ2n) is 11.9. The van der Waals surface area contributed by atoms with E-state index in [1.807, 2.05) is 0 Å². The molecule has 0 aliphatic carbocycles. The summed E-state index contributed by atoms with van der Waals surface area (Å²) in [6.07, 6.45) is 21.8. The van der Waals surface area contributed by atoms with Crippen LogP contribution in [0.2, 0.25) is 0 Å². The monoisotopic (exact) mass is 540 g/mol. The van der Waals surface area contributed by atoms with Crippen LogP contribution in [0.25, 0.3) is 16.9 Å². The smallest absolute Gasteiger partial charge is 0.211 e. The van der Waals surface area contributed by atoms with Crippen LogP contribution in [0.15, 0.2) is 59.7 Å². The van der Waals surface area contributed by atoms with E-state index in [0.29, 0.717) is 0 Å². The second kappa shape index (κ2) is 18.1. The Bertz CT molecular complexity index is 1120. The van der Waals surface area contributed by atoms with Crippen molar-refractivity contribution < 1.29 is 4.70 Å². The molecule has 0 radical (unpaired) electrons. The molecule has 218 valence electrons. The van der Waals surface area contributed by atoms with Gasteiger partial charge in [0.1, 0.15) is 0 Å². The van der Waals surface area contributed by atoms with Gasteiger partial charge in [-0.25, -0.2) is 4.70 Å². The van der Waals surface area contributed by atoms with Gasteiger partial charge in [-0.1, -0.05) is 116 Å². The molecule has 2 aromatic carbocycles. The summed E-state index contributed by atoms with van der Waals surface area (Å²) < 4.78 is 1.58. The maximum Gasteiger partial charge on any atom is 0.211 e. The van der Waals surface area contributed by atoms with Crippen molar-refractivity contribution in [2.75, 3.05) is 0 Å². The van der Waals surface area contributed by atoms with Crippen molar-refractivity contribution in [3.8, 4) is 0 Å². The summed E-state index contributed by atoms with van der Waals surface area (Å²) >= 11 is 0. The van der Waals surface area contributed by atoms with Crippen LogP contribution < -0.4 is 0 Å². The van der Waals surface area contributed by atoms with Crippen LogP contribution >= 0.6 is 0 Å². The Balaban J connectivity index is 2.00. The van der Waals surface area contributed by atoms with E-state index in [-0.39, 0.29) is 0 Å². The van der Waals surface area contributed by atoms with Gasteiger partial charge in [0.15, 0.2) is 0 Å². The highest BCUT2D eigenvalue weighted by Crippen LogP contribution is 2.44. The summed E-state index contributed by atoms with van der Waals surface area (Å²) in [5.41, 5.74) is 21.9. The number of benzene rings is 2. The quantitative estimate of drug-likeness (QED) is 0.118. The zero-order chi connectivity index (χ0) is 28.6. The van der Waals surface area contributed by atoms with Gasteiger partial charge in [-0.15, -0.1) is 0 Å². The standard InChI is InChI=1S/C38H56N2/c1-5-9-13-15-16-18-28-36-35(27-12-8-4)37(33-25-19-23-31(29-33)21-11-7-3)40(39)38(36)34-26-20-24-32(30-34)22-17-14-10-6-2/h19-20,23-26,29-30H,5-18,21-22,27-28H2,1-4H3. The summed E-state index contributed by atoms with van der Waals surface area (Å²) in [7, 11) is 0. The Morgan fingerprint density at radius 2 is 0.875 bits per heavy atom. The van der Waals surface area contributed by atoms with Crippen LogP contribution in [0.4, 0.5) is 0 Å². The summed E-state index contributed by atoms with van der Waals surface area (Å²) in [6.45, 7) is 9.09. The SMILES string of the molecule is CCCCCCCCC1=C(c2cccc(CCCCCC)c2)[N+](=[N-])C(c2cccc(CCCC)c2)=C1CCCC. The maximum atomic E-state index is 12.0. The lowest BCUT2D eigenvalue weighted by atomic mass is 9.91. The highest BCUT2D eigenvalue weighted by atomic mass is 15.2. The van der Waals surface area contributed by atoms with Crippen LogP contribution in [-0.4, -0.2) is 4.70 Å². The molecule has 0 aromatic heterocycles. The van der Waals surface area contributed by atoms with E-state index in [2.05, 4.69) is 76.2 Å². The van der Waals surface area contributed by atoms with Crippen LogP contribution in [0, 0.1) is 0 Å². The molecule has 40 heavy (non-hydrogen) atoms. The molecule has 2 aromatic rings. The summed E-state index contributed by atoms with van der Waals surface area (Å²) in [4.78, 5) is 0. The highest BCUT2D eigenvalue weighted by Gasteiger charge is 2.35. The fourth-order valence-corrected chi connectivity index (χ4v) is 6.11. The average molecular weight is 541 g/mol. The van der Waals surface area contributed by atoms with Crippen molar-refractivity contribution in [3.05, 3.63) is 87.5 Å². The molecule has 0 N–H and O–H groups in total. The molecule has 0 fully saturated rings. The van der Waals surface area contributed by atoms with Crippen molar-refractivity contribution in [3.63, 3.8) is 0 Å². The fraction of sp³-hybridized carbons (Fsp3) is 0.579. The first-order chi connectivity index (χ1) is 19.6. The Hall–Kier alpha value is -2.48. The number of allylic oxidation sites excluding steroid dienone is 2. The van der Waals surface area contributed by atoms with Crippen LogP contribution in [0.3, 0.4) is 0 Å². The first kappa shape index (κ1) is 32.0. The number of nitrogens with zero attached hydrogens (tertiary/aromatic N) is 2.